The molecule has 1 saturated heterocycles. The van der Waals surface area contributed by atoms with E-state index in [1.165, 1.54) is 0 Å². The van der Waals surface area contributed by atoms with Gasteiger partial charge in [-0.15, -0.1) is 12.4 Å². The molecule has 1 heterocycles. The highest BCUT2D eigenvalue weighted by atomic mass is 35.5. The summed E-state index contributed by atoms with van der Waals surface area (Å²) in [4.78, 5) is 11.8. The van der Waals surface area contributed by atoms with E-state index < -0.39 is 6.10 Å². The predicted octanol–water partition coefficient (Wildman–Crippen LogP) is 1.40. The molecule has 1 amide bonds. The number of rotatable bonds is 4. The van der Waals surface area contributed by atoms with Crippen molar-refractivity contribution >= 4 is 18.3 Å². The van der Waals surface area contributed by atoms with Gasteiger partial charge in [-0.2, -0.15) is 0 Å². The Hall–Kier alpha value is -1.10. The minimum Gasteiger partial charge on any atom is -0.387 e. The van der Waals surface area contributed by atoms with Crippen molar-refractivity contribution in [2.75, 3.05) is 13.1 Å². The lowest BCUT2D eigenvalue weighted by atomic mass is 10.0. The first-order valence-corrected chi connectivity index (χ1v) is 6.51. The summed E-state index contributed by atoms with van der Waals surface area (Å²) in [5.74, 6) is -0.00955. The van der Waals surface area contributed by atoms with Crippen molar-refractivity contribution in [3.8, 4) is 0 Å². The summed E-state index contributed by atoms with van der Waals surface area (Å²) < 4.78 is 0. The second-order valence-electron chi connectivity index (χ2n) is 4.67. The average Bonchev–Trinajstić information content (AvgIpc) is 2.46. The molecule has 0 radical (unpaired) electrons. The molecule has 0 spiro atoms. The smallest absolute Gasteiger partial charge is 0.237 e. The monoisotopic (exact) mass is 284 g/mol. The predicted molar refractivity (Wildman–Crippen MR) is 77.3 cm³/mol. The van der Waals surface area contributed by atoms with Crippen LogP contribution in [0.2, 0.25) is 0 Å². The minimum atomic E-state index is -0.640. The third kappa shape index (κ3) is 4.82. The van der Waals surface area contributed by atoms with E-state index in [1.807, 2.05) is 30.3 Å². The Morgan fingerprint density at radius 1 is 1.37 bits per heavy atom. The van der Waals surface area contributed by atoms with Crippen LogP contribution in [0.1, 0.15) is 30.9 Å². The van der Waals surface area contributed by atoms with Crippen LogP contribution in [0.25, 0.3) is 0 Å². The van der Waals surface area contributed by atoms with Crippen LogP contribution in [0.15, 0.2) is 30.3 Å². The summed E-state index contributed by atoms with van der Waals surface area (Å²) in [7, 11) is 0. The Balaban J connectivity index is 0.00000180. The molecule has 1 aliphatic heterocycles. The zero-order chi connectivity index (χ0) is 12.8. The normalized spacial score (nSPS) is 20.2. The fourth-order valence-corrected chi connectivity index (χ4v) is 2.19. The molecule has 0 saturated carbocycles. The molecule has 0 aliphatic carbocycles. The van der Waals surface area contributed by atoms with Gasteiger partial charge in [-0.1, -0.05) is 36.8 Å². The third-order valence-electron chi connectivity index (χ3n) is 3.28. The first-order chi connectivity index (χ1) is 8.77. The van der Waals surface area contributed by atoms with Gasteiger partial charge in [-0.3, -0.25) is 4.79 Å². The SMILES string of the molecule is Cl.O=C(NCC(O)c1ccccc1)[C@@H]1CCCCN1. The number of halogens is 1. The van der Waals surface area contributed by atoms with Crippen molar-refractivity contribution in [2.45, 2.75) is 31.4 Å². The number of aliphatic hydroxyl groups excluding tert-OH is 1. The van der Waals surface area contributed by atoms with Gasteiger partial charge in [-0.05, 0) is 24.9 Å². The Bertz CT molecular complexity index is 380. The highest BCUT2D eigenvalue weighted by Gasteiger charge is 2.20. The summed E-state index contributed by atoms with van der Waals surface area (Å²) in [6, 6.07) is 9.28. The number of nitrogens with one attached hydrogen (secondary N) is 2. The number of amides is 1. The van der Waals surface area contributed by atoms with E-state index in [4.69, 9.17) is 0 Å². The van der Waals surface area contributed by atoms with E-state index in [-0.39, 0.29) is 30.9 Å². The number of carbonyl (C=O) groups is 1. The van der Waals surface area contributed by atoms with Gasteiger partial charge in [0.05, 0.1) is 12.1 Å². The van der Waals surface area contributed by atoms with Crippen LogP contribution in [-0.2, 0) is 4.79 Å². The summed E-state index contributed by atoms with van der Waals surface area (Å²) in [5.41, 5.74) is 0.828. The molecule has 1 aromatic rings. The van der Waals surface area contributed by atoms with Gasteiger partial charge in [0, 0.05) is 6.54 Å². The molecule has 1 unspecified atom stereocenters. The molecule has 5 heteroatoms. The maximum absolute atomic E-state index is 11.8. The molecule has 2 rings (SSSR count). The maximum Gasteiger partial charge on any atom is 0.237 e. The fraction of sp³-hybridized carbons (Fsp3) is 0.500. The lowest BCUT2D eigenvalue weighted by Gasteiger charge is -2.23. The van der Waals surface area contributed by atoms with Crippen LogP contribution in [0.3, 0.4) is 0 Å². The standard InChI is InChI=1S/C14H20N2O2.ClH/c17-13(11-6-2-1-3-7-11)10-16-14(18)12-8-4-5-9-15-12;/h1-3,6-7,12-13,15,17H,4-5,8-10H2,(H,16,18);1H/t12-,13?;/m0./s1. The zero-order valence-electron chi connectivity index (χ0n) is 10.8. The van der Waals surface area contributed by atoms with Crippen molar-refractivity contribution in [2.24, 2.45) is 0 Å². The molecule has 4 nitrogen and oxygen atoms in total. The first kappa shape index (κ1) is 16.0. The van der Waals surface area contributed by atoms with Crippen LogP contribution in [0, 0.1) is 0 Å². The number of aliphatic hydroxyl groups is 1. The highest BCUT2D eigenvalue weighted by Crippen LogP contribution is 2.11. The first-order valence-electron chi connectivity index (χ1n) is 6.51. The minimum absolute atomic E-state index is 0. The number of benzene rings is 1. The number of carbonyl (C=O) groups excluding carboxylic acids is 1. The quantitative estimate of drug-likeness (QED) is 0.783. The molecule has 1 fully saturated rings. The van der Waals surface area contributed by atoms with Crippen molar-refractivity contribution in [1.82, 2.24) is 10.6 Å². The topological polar surface area (TPSA) is 61.4 Å². The van der Waals surface area contributed by atoms with Crippen LogP contribution in [0.5, 0.6) is 0 Å². The van der Waals surface area contributed by atoms with Crippen LogP contribution in [-0.4, -0.2) is 30.1 Å². The van der Waals surface area contributed by atoms with Gasteiger partial charge in [0.1, 0.15) is 0 Å². The molecule has 0 bridgehead atoms. The van der Waals surface area contributed by atoms with Crippen molar-refractivity contribution in [1.29, 1.82) is 0 Å². The van der Waals surface area contributed by atoms with E-state index in [9.17, 15) is 9.90 Å². The molecule has 1 aliphatic rings. The van der Waals surface area contributed by atoms with Crippen LogP contribution in [0.4, 0.5) is 0 Å². The lowest BCUT2D eigenvalue weighted by molar-refractivity contribution is -0.124. The van der Waals surface area contributed by atoms with E-state index in [2.05, 4.69) is 10.6 Å². The van der Waals surface area contributed by atoms with Crippen molar-refractivity contribution in [3.63, 3.8) is 0 Å². The molecule has 106 valence electrons. The lowest BCUT2D eigenvalue weighted by Crippen LogP contribution is -2.47. The summed E-state index contributed by atoms with van der Waals surface area (Å²) in [6.45, 7) is 1.17. The van der Waals surface area contributed by atoms with Gasteiger partial charge in [-0.25, -0.2) is 0 Å². The van der Waals surface area contributed by atoms with Crippen molar-refractivity contribution in [3.05, 3.63) is 35.9 Å². The third-order valence-corrected chi connectivity index (χ3v) is 3.28. The Labute approximate surface area is 120 Å². The van der Waals surface area contributed by atoms with Gasteiger partial charge >= 0.3 is 0 Å². The largest absolute Gasteiger partial charge is 0.387 e. The molecular weight excluding hydrogens is 264 g/mol. The number of hydrogen-bond acceptors (Lipinski definition) is 3. The summed E-state index contributed by atoms with van der Waals surface area (Å²) >= 11 is 0. The molecule has 19 heavy (non-hydrogen) atoms. The van der Waals surface area contributed by atoms with Gasteiger partial charge in [0.25, 0.3) is 0 Å². The molecule has 3 N–H and O–H groups in total. The van der Waals surface area contributed by atoms with Gasteiger partial charge < -0.3 is 15.7 Å². The Kier molecular flexibility index (Phi) is 6.84. The van der Waals surface area contributed by atoms with E-state index in [0.29, 0.717) is 0 Å². The Morgan fingerprint density at radius 2 is 2.11 bits per heavy atom. The fourth-order valence-electron chi connectivity index (χ4n) is 2.19. The summed E-state index contributed by atoms with van der Waals surface area (Å²) in [6.07, 6.45) is 2.47. The molecule has 1 aromatic carbocycles. The van der Waals surface area contributed by atoms with E-state index in [1.54, 1.807) is 0 Å². The second-order valence-corrected chi connectivity index (χ2v) is 4.67. The van der Waals surface area contributed by atoms with Crippen LogP contribution < -0.4 is 10.6 Å². The Morgan fingerprint density at radius 3 is 2.74 bits per heavy atom. The number of piperidine rings is 1. The molecule has 0 aromatic heterocycles. The molecular formula is C14H21ClN2O2. The van der Waals surface area contributed by atoms with E-state index in [0.717, 1.165) is 31.4 Å². The number of hydrogen-bond donors (Lipinski definition) is 3. The zero-order valence-corrected chi connectivity index (χ0v) is 11.7. The van der Waals surface area contributed by atoms with Crippen LogP contribution >= 0.6 is 12.4 Å². The average molecular weight is 285 g/mol. The summed E-state index contributed by atoms with van der Waals surface area (Å²) in [5, 5.41) is 15.9. The highest BCUT2D eigenvalue weighted by molar-refractivity contribution is 5.85. The second kappa shape index (κ2) is 8.15. The maximum atomic E-state index is 11.8. The van der Waals surface area contributed by atoms with Gasteiger partial charge in [0.15, 0.2) is 0 Å². The molecule has 2 atom stereocenters. The van der Waals surface area contributed by atoms with Crippen molar-refractivity contribution < 1.29 is 9.90 Å². The van der Waals surface area contributed by atoms with Gasteiger partial charge in [0.2, 0.25) is 5.91 Å². The van der Waals surface area contributed by atoms with E-state index >= 15 is 0 Å².